The molecule has 0 aromatic rings. The van der Waals surface area contributed by atoms with Crippen LogP contribution in [0.15, 0.2) is 0 Å². The van der Waals surface area contributed by atoms with Crippen molar-refractivity contribution in [3.8, 4) is 0 Å². The average molecular weight is 229 g/mol. The van der Waals surface area contributed by atoms with Crippen molar-refractivity contribution in [2.75, 3.05) is 39.5 Å². The Balaban J connectivity index is 2.09. The molecule has 0 unspecified atom stereocenters. The molecule has 1 saturated heterocycles. The van der Waals surface area contributed by atoms with E-state index >= 15 is 0 Å². The summed E-state index contributed by atoms with van der Waals surface area (Å²) in [6, 6.07) is 0. The van der Waals surface area contributed by atoms with Gasteiger partial charge in [-0.25, -0.2) is 0 Å². The average Bonchev–Trinajstić information content (AvgIpc) is 2.30. The van der Waals surface area contributed by atoms with Crippen molar-refractivity contribution >= 4 is 0 Å². The van der Waals surface area contributed by atoms with Crippen LogP contribution in [0.1, 0.15) is 39.5 Å². The van der Waals surface area contributed by atoms with Gasteiger partial charge in [0.15, 0.2) is 0 Å². The Morgan fingerprint density at radius 3 is 2.88 bits per heavy atom. The first-order valence-electron chi connectivity index (χ1n) is 6.78. The molecule has 3 heteroatoms. The lowest BCUT2D eigenvalue weighted by Gasteiger charge is -2.32. The molecule has 0 saturated carbocycles. The van der Waals surface area contributed by atoms with E-state index < -0.39 is 0 Å². The summed E-state index contributed by atoms with van der Waals surface area (Å²) in [6.07, 6.45) is 5.34. The van der Waals surface area contributed by atoms with Crippen molar-refractivity contribution in [3.05, 3.63) is 0 Å². The van der Waals surface area contributed by atoms with Gasteiger partial charge in [-0.15, -0.1) is 0 Å². The van der Waals surface area contributed by atoms with Gasteiger partial charge in [0.1, 0.15) is 0 Å². The Labute approximate surface area is 100 Å². The molecule has 0 radical (unpaired) electrons. The number of ether oxygens (including phenoxy) is 2. The first-order chi connectivity index (χ1) is 7.86. The minimum absolute atomic E-state index is 0.293. The lowest BCUT2D eigenvalue weighted by molar-refractivity contribution is -0.0691. The molecular formula is C13H27NO2. The zero-order chi connectivity index (χ0) is 11.6. The van der Waals surface area contributed by atoms with Gasteiger partial charge >= 0.3 is 0 Å². The molecule has 0 aromatic carbocycles. The fourth-order valence-electron chi connectivity index (χ4n) is 2.03. The molecule has 1 aliphatic rings. The van der Waals surface area contributed by atoms with Crippen LogP contribution in [-0.2, 0) is 9.47 Å². The molecule has 1 aliphatic heterocycles. The fraction of sp³-hybridized carbons (Fsp3) is 1.00. The Bertz CT molecular complexity index is 148. The number of unbranched alkanes of at least 4 members (excludes halogenated alkanes) is 2. The van der Waals surface area contributed by atoms with Crippen molar-refractivity contribution < 1.29 is 9.47 Å². The van der Waals surface area contributed by atoms with Crippen LogP contribution in [-0.4, -0.2) is 50.5 Å². The van der Waals surface area contributed by atoms with Crippen LogP contribution in [0.25, 0.3) is 0 Å². The van der Waals surface area contributed by atoms with E-state index in [4.69, 9.17) is 9.47 Å². The number of nitrogens with zero attached hydrogens (tertiary/aromatic N) is 1. The molecular weight excluding hydrogens is 202 g/mol. The second-order valence-corrected chi connectivity index (χ2v) is 4.58. The van der Waals surface area contributed by atoms with Crippen LogP contribution in [0.5, 0.6) is 0 Å². The monoisotopic (exact) mass is 229 g/mol. The zero-order valence-electron chi connectivity index (χ0n) is 10.9. The smallest absolute Gasteiger partial charge is 0.0935 e. The highest BCUT2D eigenvalue weighted by atomic mass is 16.5. The van der Waals surface area contributed by atoms with Gasteiger partial charge in [-0.1, -0.05) is 26.7 Å². The predicted octanol–water partition coefficient (Wildman–Crippen LogP) is 2.30. The second-order valence-electron chi connectivity index (χ2n) is 4.58. The van der Waals surface area contributed by atoms with Gasteiger partial charge in [-0.05, 0) is 19.4 Å². The third-order valence-corrected chi connectivity index (χ3v) is 2.95. The number of hydrogen-bond donors (Lipinski definition) is 0. The number of morpholine rings is 1. The molecule has 16 heavy (non-hydrogen) atoms. The van der Waals surface area contributed by atoms with Crippen molar-refractivity contribution in [2.45, 2.75) is 45.6 Å². The summed E-state index contributed by atoms with van der Waals surface area (Å²) in [5.41, 5.74) is 0. The van der Waals surface area contributed by atoms with Gasteiger partial charge in [0.25, 0.3) is 0 Å². The first-order valence-corrected chi connectivity index (χ1v) is 6.78. The summed E-state index contributed by atoms with van der Waals surface area (Å²) < 4.78 is 11.2. The van der Waals surface area contributed by atoms with Gasteiger partial charge in [0.05, 0.1) is 19.3 Å². The maximum absolute atomic E-state index is 5.69. The molecule has 0 spiro atoms. The van der Waals surface area contributed by atoms with E-state index in [1.165, 1.54) is 25.8 Å². The second kappa shape index (κ2) is 8.97. The molecule has 1 atom stereocenters. The van der Waals surface area contributed by atoms with Crippen LogP contribution in [0.3, 0.4) is 0 Å². The molecule has 0 aromatic heterocycles. The van der Waals surface area contributed by atoms with E-state index in [1.807, 2.05) is 0 Å². The molecule has 96 valence electrons. The number of rotatable bonds is 8. The van der Waals surface area contributed by atoms with Gasteiger partial charge in [-0.2, -0.15) is 0 Å². The summed E-state index contributed by atoms with van der Waals surface area (Å²) >= 11 is 0. The molecule has 1 rings (SSSR count). The highest BCUT2D eigenvalue weighted by Crippen LogP contribution is 2.07. The molecule has 1 heterocycles. The topological polar surface area (TPSA) is 21.7 Å². The van der Waals surface area contributed by atoms with E-state index in [0.29, 0.717) is 6.10 Å². The predicted molar refractivity (Wildman–Crippen MR) is 66.8 cm³/mol. The SMILES string of the molecule is CCCCCN1CCO[C@@H](COCCC)C1. The maximum Gasteiger partial charge on any atom is 0.0935 e. The standard InChI is InChI=1S/C13H27NO2/c1-3-5-6-7-14-8-10-16-13(11-14)12-15-9-4-2/h13H,3-12H2,1-2H3/t13-/m1/s1. The third kappa shape index (κ3) is 5.83. The van der Waals surface area contributed by atoms with E-state index in [9.17, 15) is 0 Å². The van der Waals surface area contributed by atoms with Crippen LogP contribution >= 0.6 is 0 Å². The Morgan fingerprint density at radius 2 is 2.12 bits per heavy atom. The van der Waals surface area contributed by atoms with E-state index in [1.54, 1.807) is 0 Å². The largest absolute Gasteiger partial charge is 0.379 e. The summed E-state index contributed by atoms with van der Waals surface area (Å²) in [7, 11) is 0. The van der Waals surface area contributed by atoms with E-state index in [2.05, 4.69) is 18.7 Å². The van der Waals surface area contributed by atoms with Gasteiger partial charge in [0.2, 0.25) is 0 Å². The minimum Gasteiger partial charge on any atom is -0.379 e. The summed E-state index contributed by atoms with van der Waals surface area (Å²) in [4.78, 5) is 2.51. The van der Waals surface area contributed by atoms with Crippen molar-refractivity contribution in [1.29, 1.82) is 0 Å². The lowest BCUT2D eigenvalue weighted by Crippen LogP contribution is -2.44. The molecule has 0 N–H and O–H groups in total. The molecule has 3 nitrogen and oxygen atoms in total. The zero-order valence-corrected chi connectivity index (χ0v) is 10.9. The third-order valence-electron chi connectivity index (χ3n) is 2.95. The molecule has 0 bridgehead atoms. The highest BCUT2D eigenvalue weighted by molar-refractivity contribution is 4.71. The van der Waals surface area contributed by atoms with Gasteiger partial charge < -0.3 is 9.47 Å². The normalized spacial score (nSPS) is 22.5. The van der Waals surface area contributed by atoms with E-state index in [0.717, 1.165) is 39.3 Å². The Hall–Kier alpha value is -0.120. The molecule has 1 fully saturated rings. The Kier molecular flexibility index (Phi) is 7.81. The molecule has 0 amide bonds. The summed E-state index contributed by atoms with van der Waals surface area (Å²) in [5.74, 6) is 0. The number of hydrogen-bond acceptors (Lipinski definition) is 3. The minimum atomic E-state index is 0.293. The van der Waals surface area contributed by atoms with Crippen LogP contribution in [0.2, 0.25) is 0 Å². The first kappa shape index (κ1) is 13.9. The fourth-order valence-corrected chi connectivity index (χ4v) is 2.03. The Morgan fingerprint density at radius 1 is 1.25 bits per heavy atom. The van der Waals surface area contributed by atoms with E-state index in [-0.39, 0.29) is 0 Å². The van der Waals surface area contributed by atoms with Gasteiger partial charge in [0, 0.05) is 19.7 Å². The van der Waals surface area contributed by atoms with Crippen LogP contribution in [0.4, 0.5) is 0 Å². The summed E-state index contributed by atoms with van der Waals surface area (Å²) in [5, 5.41) is 0. The van der Waals surface area contributed by atoms with Crippen molar-refractivity contribution in [1.82, 2.24) is 4.90 Å². The van der Waals surface area contributed by atoms with Gasteiger partial charge in [-0.3, -0.25) is 4.90 Å². The van der Waals surface area contributed by atoms with Crippen LogP contribution in [0, 0.1) is 0 Å². The molecule has 0 aliphatic carbocycles. The quantitative estimate of drug-likeness (QED) is 0.596. The summed E-state index contributed by atoms with van der Waals surface area (Å²) in [6.45, 7) is 10.2. The van der Waals surface area contributed by atoms with Crippen LogP contribution < -0.4 is 0 Å². The maximum atomic E-state index is 5.69. The van der Waals surface area contributed by atoms with Crippen molar-refractivity contribution in [2.24, 2.45) is 0 Å². The lowest BCUT2D eigenvalue weighted by atomic mass is 10.2. The highest BCUT2D eigenvalue weighted by Gasteiger charge is 2.19. The van der Waals surface area contributed by atoms with Crippen molar-refractivity contribution in [3.63, 3.8) is 0 Å².